The first kappa shape index (κ1) is 13.8. The summed E-state index contributed by atoms with van der Waals surface area (Å²) in [6.45, 7) is 2.09. The van der Waals surface area contributed by atoms with E-state index in [1.165, 1.54) is 6.20 Å². The number of hydrogen-bond acceptors (Lipinski definition) is 4. The molecule has 0 unspecified atom stereocenters. The summed E-state index contributed by atoms with van der Waals surface area (Å²) in [5.41, 5.74) is 2.72. The predicted molar refractivity (Wildman–Crippen MR) is 82.1 cm³/mol. The average molecular weight is 346 g/mol. The van der Waals surface area contributed by atoms with Gasteiger partial charge in [0.15, 0.2) is 5.65 Å². The van der Waals surface area contributed by atoms with E-state index in [1.807, 2.05) is 30.3 Å². The van der Waals surface area contributed by atoms with Gasteiger partial charge in [-0.2, -0.15) is 5.10 Å². The molecule has 0 spiro atoms. The first-order chi connectivity index (χ1) is 10.2. The number of nitrogens with zero attached hydrogens (tertiary/aromatic N) is 3. The van der Waals surface area contributed by atoms with Crippen LogP contribution in [0.4, 0.5) is 0 Å². The van der Waals surface area contributed by atoms with Crippen LogP contribution in [0.5, 0.6) is 0 Å². The number of carbonyl (C=O) groups is 1. The van der Waals surface area contributed by atoms with Gasteiger partial charge in [0.25, 0.3) is 0 Å². The van der Waals surface area contributed by atoms with Crippen molar-refractivity contribution in [2.45, 2.75) is 6.92 Å². The second-order valence-corrected chi connectivity index (χ2v) is 5.27. The molecule has 106 valence electrons. The molecule has 0 aliphatic carbocycles. The van der Waals surface area contributed by atoms with Gasteiger partial charge < -0.3 is 4.74 Å². The molecule has 21 heavy (non-hydrogen) atoms. The summed E-state index contributed by atoms with van der Waals surface area (Å²) in [7, 11) is 0. The van der Waals surface area contributed by atoms with Crippen LogP contribution < -0.4 is 0 Å². The maximum atomic E-state index is 11.9. The van der Waals surface area contributed by atoms with E-state index in [0.717, 1.165) is 15.7 Å². The third kappa shape index (κ3) is 2.54. The van der Waals surface area contributed by atoms with Crippen LogP contribution in [0, 0.1) is 0 Å². The lowest BCUT2D eigenvalue weighted by Gasteiger charge is -2.05. The second-order valence-electron chi connectivity index (χ2n) is 4.35. The number of carbonyl (C=O) groups excluding carboxylic acids is 1. The Morgan fingerprint density at radius 2 is 2.05 bits per heavy atom. The molecule has 0 radical (unpaired) electrons. The molecule has 0 saturated carbocycles. The van der Waals surface area contributed by atoms with E-state index in [0.29, 0.717) is 17.8 Å². The highest BCUT2D eigenvalue weighted by molar-refractivity contribution is 9.10. The number of fused-ring (bicyclic) bond motifs is 1. The molecule has 0 saturated heterocycles. The van der Waals surface area contributed by atoms with Gasteiger partial charge in [-0.15, -0.1) is 0 Å². The molecule has 0 aliphatic heterocycles. The molecule has 0 bridgehead atoms. The van der Waals surface area contributed by atoms with E-state index in [-0.39, 0.29) is 0 Å². The maximum Gasteiger partial charge on any atom is 0.343 e. The monoisotopic (exact) mass is 345 g/mol. The molecular formula is C15H12BrN3O2. The van der Waals surface area contributed by atoms with Gasteiger partial charge in [0.2, 0.25) is 0 Å². The van der Waals surface area contributed by atoms with Crippen molar-refractivity contribution in [3.63, 3.8) is 0 Å². The molecule has 2 heterocycles. The SMILES string of the molecule is CCOC(=O)c1cnn2c(-c3ccc(Br)cc3)ccnc12. The van der Waals surface area contributed by atoms with Crippen molar-refractivity contribution < 1.29 is 9.53 Å². The quantitative estimate of drug-likeness (QED) is 0.683. The van der Waals surface area contributed by atoms with Gasteiger partial charge in [-0.25, -0.2) is 14.3 Å². The highest BCUT2D eigenvalue weighted by atomic mass is 79.9. The smallest absolute Gasteiger partial charge is 0.343 e. The van der Waals surface area contributed by atoms with Gasteiger partial charge in [-0.3, -0.25) is 0 Å². The van der Waals surface area contributed by atoms with Crippen molar-refractivity contribution in [3.8, 4) is 11.3 Å². The molecule has 6 heteroatoms. The van der Waals surface area contributed by atoms with Crippen molar-refractivity contribution >= 4 is 27.5 Å². The zero-order valence-electron chi connectivity index (χ0n) is 11.3. The van der Waals surface area contributed by atoms with Crippen molar-refractivity contribution in [1.82, 2.24) is 14.6 Å². The van der Waals surface area contributed by atoms with Gasteiger partial charge in [0.1, 0.15) is 5.56 Å². The Bertz CT molecular complexity index is 796. The zero-order chi connectivity index (χ0) is 14.8. The number of rotatable bonds is 3. The Labute approximate surface area is 129 Å². The van der Waals surface area contributed by atoms with Crippen LogP contribution in [0.1, 0.15) is 17.3 Å². The fraction of sp³-hybridized carbons (Fsp3) is 0.133. The van der Waals surface area contributed by atoms with Crippen LogP contribution >= 0.6 is 15.9 Å². The summed E-state index contributed by atoms with van der Waals surface area (Å²) in [6.07, 6.45) is 3.15. The van der Waals surface area contributed by atoms with Gasteiger partial charge in [-0.05, 0) is 25.1 Å². The summed E-state index contributed by atoms with van der Waals surface area (Å²) >= 11 is 3.41. The summed E-state index contributed by atoms with van der Waals surface area (Å²) in [6, 6.07) is 9.72. The normalized spacial score (nSPS) is 10.8. The maximum absolute atomic E-state index is 11.9. The van der Waals surface area contributed by atoms with Gasteiger partial charge in [0, 0.05) is 16.2 Å². The van der Waals surface area contributed by atoms with E-state index in [9.17, 15) is 4.79 Å². The van der Waals surface area contributed by atoms with E-state index in [2.05, 4.69) is 26.0 Å². The molecule has 2 aromatic heterocycles. The fourth-order valence-corrected chi connectivity index (χ4v) is 2.35. The number of esters is 1. The lowest BCUT2D eigenvalue weighted by Crippen LogP contribution is -2.05. The number of hydrogen-bond donors (Lipinski definition) is 0. The minimum absolute atomic E-state index is 0.322. The molecule has 0 amide bonds. The van der Waals surface area contributed by atoms with Gasteiger partial charge in [0.05, 0.1) is 18.5 Å². The van der Waals surface area contributed by atoms with Crippen LogP contribution in [0.2, 0.25) is 0 Å². The Balaban J connectivity index is 2.13. The summed E-state index contributed by atoms with van der Waals surface area (Å²) in [5.74, 6) is -0.409. The highest BCUT2D eigenvalue weighted by Gasteiger charge is 2.16. The third-order valence-corrected chi connectivity index (χ3v) is 3.57. The van der Waals surface area contributed by atoms with Crippen molar-refractivity contribution in [2.75, 3.05) is 6.61 Å². The topological polar surface area (TPSA) is 56.5 Å². The molecule has 0 aliphatic rings. The van der Waals surface area contributed by atoms with Crippen LogP contribution in [0.15, 0.2) is 47.2 Å². The highest BCUT2D eigenvalue weighted by Crippen LogP contribution is 2.23. The first-order valence-electron chi connectivity index (χ1n) is 6.46. The number of halogens is 1. The molecule has 0 N–H and O–H groups in total. The van der Waals surface area contributed by atoms with E-state index < -0.39 is 5.97 Å². The van der Waals surface area contributed by atoms with Crippen LogP contribution in [0.25, 0.3) is 16.9 Å². The molecule has 5 nitrogen and oxygen atoms in total. The molecule has 3 rings (SSSR count). The lowest BCUT2D eigenvalue weighted by atomic mass is 10.1. The fourth-order valence-electron chi connectivity index (χ4n) is 2.08. The van der Waals surface area contributed by atoms with E-state index in [1.54, 1.807) is 17.6 Å². The number of ether oxygens (including phenoxy) is 1. The zero-order valence-corrected chi connectivity index (χ0v) is 12.9. The third-order valence-electron chi connectivity index (χ3n) is 3.04. The molecule has 0 fully saturated rings. The van der Waals surface area contributed by atoms with Crippen molar-refractivity contribution in [2.24, 2.45) is 0 Å². The van der Waals surface area contributed by atoms with Gasteiger partial charge in [-0.1, -0.05) is 28.1 Å². The molecular weight excluding hydrogens is 334 g/mol. The minimum atomic E-state index is -0.409. The molecule has 3 aromatic rings. The van der Waals surface area contributed by atoms with Crippen LogP contribution in [-0.4, -0.2) is 27.2 Å². The van der Waals surface area contributed by atoms with Crippen molar-refractivity contribution in [1.29, 1.82) is 0 Å². The van der Waals surface area contributed by atoms with E-state index >= 15 is 0 Å². The number of benzene rings is 1. The Hall–Kier alpha value is -2.21. The first-order valence-corrected chi connectivity index (χ1v) is 7.26. The molecule has 0 atom stereocenters. The largest absolute Gasteiger partial charge is 0.462 e. The Morgan fingerprint density at radius 1 is 1.29 bits per heavy atom. The van der Waals surface area contributed by atoms with Crippen molar-refractivity contribution in [3.05, 3.63) is 52.8 Å². The number of aromatic nitrogens is 3. The van der Waals surface area contributed by atoms with E-state index in [4.69, 9.17) is 4.74 Å². The Morgan fingerprint density at radius 3 is 2.76 bits per heavy atom. The predicted octanol–water partition coefficient (Wildman–Crippen LogP) is 3.34. The standard InChI is InChI=1S/C15H12BrN3O2/c1-2-21-15(20)12-9-18-19-13(7-8-17-14(12)19)10-3-5-11(16)6-4-10/h3-9H,2H2,1H3. The van der Waals surface area contributed by atoms with Gasteiger partial charge >= 0.3 is 5.97 Å². The van der Waals surface area contributed by atoms with Crippen LogP contribution in [0.3, 0.4) is 0 Å². The summed E-state index contributed by atoms with van der Waals surface area (Å²) in [4.78, 5) is 16.1. The Kier molecular flexibility index (Phi) is 3.70. The minimum Gasteiger partial charge on any atom is -0.462 e. The summed E-state index contributed by atoms with van der Waals surface area (Å²) < 4.78 is 7.67. The molecule has 1 aromatic carbocycles. The average Bonchev–Trinajstić information content (AvgIpc) is 2.92. The lowest BCUT2D eigenvalue weighted by molar-refractivity contribution is 0.0528. The summed E-state index contributed by atoms with van der Waals surface area (Å²) in [5, 5.41) is 4.26. The van der Waals surface area contributed by atoms with Crippen LogP contribution in [-0.2, 0) is 4.74 Å². The second kappa shape index (κ2) is 5.65.